The molecule has 0 saturated carbocycles. The molecule has 0 saturated heterocycles. The molecular formula is C20H24N2O3. The molecule has 2 rings (SSSR count). The van der Waals surface area contributed by atoms with Crippen LogP contribution in [-0.4, -0.2) is 37.9 Å². The molecule has 0 bridgehead atoms. The van der Waals surface area contributed by atoms with Crippen molar-refractivity contribution in [3.8, 4) is 5.75 Å². The van der Waals surface area contributed by atoms with Crippen molar-refractivity contribution in [3.05, 3.63) is 59.7 Å². The van der Waals surface area contributed by atoms with E-state index in [2.05, 4.69) is 5.32 Å². The molecule has 1 atom stereocenters. The van der Waals surface area contributed by atoms with Crippen molar-refractivity contribution in [1.82, 2.24) is 4.90 Å². The van der Waals surface area contributed by atoms with E-state index < -0.39 is 0 Å². The van der Waals surface area contributed by atoms with Gasteiger partial charge in [-0.3, -0.25) is 9.59 Å². The number of hydrogen-bond acceptors (Lipinski definition) is 3. The Bertz CT molecular complexity index is 742. The summed E-state index contributed by atoms with van der Waals surface area (Å²) in [5.74, 6) is -0.0340. The molecule has 0 heterocycles. The van der Waals surface area contributed by atoms with Gasteiger partial charge < -0.3 is 15.0 Å². The molecule has 1 N–H and O–H groups in total. The molecule has 132 valence electrons. The SMILES string of the molecule is CC[C@@H](C(=O)Nc1ccc(OC)c(C(=O)N(C)C)c1)c1ccccc1. The van der Waals surface area contributed by atoms with Gasteiger partial charge >= 0.3 is 0 Å². The van der Waals surface area contributed by atoms with Gasteiger partial charge in [-0.25, -0.2) is 0 Å². The molecular weight excluding hydrogens is 316 g/mol. The van der Waals surface area contributed by atoms with Gasteiger partial charge in [-0.2, -0.15) is 0 Å². The summed E-state index contributed by atoms with van der Waals surface area (Å²) in [5, 5.41) is 2.91. The third-order valence-electron chi connectivity index (χ3n) is 4.03. The number of amides is 2. The maximum absolute atomic E-state index is 12.7. The van der Waals surface area contributed by atoms with Crippen molar-refractivity contribution in [2.45, 2.75) is 19.3 Å². The van der Waals surface area contributed by atoms with Crippen LogP contribution in [0.4, 0.5) is 5.69 Å². The summed E-state index contributed by atoms with van der Waals surface area (Å²) >= 11 is 0. The fourth-order valence-electron chi connectivity index (χ4n) is 2.68. The van der Waals surface area contributed by atoms with Crippen LogP contribution >= 0.6 is 0 Å². The van der Waals surface area contributed by atoms with Gasteiger partial charge in [0, 0.05) is 19.8 Å². The molecule has 0 aliphatic heterocycles. The van der Waals surface area contributed by atoms with E-state index in [-0.39, 0.29) is 17.7 Å². The quantitative estimate of drug-likeness (QED) is 0.875. The largest absolute Gasteiger partial charge is 0.496 e. The second kappa shape index (κ2) is 8.33. The first-order chi connectivity index (χ1) is 12.0. The predicted octanol–water partition coefficient (Wildman–Crippen LogP) is 3.53. The Morgan fingerprint density at radius 3 is 2.36 bits per heavy atom. The molecule has 0 aliphatic rings. The second-order valence-electron chi connectivity index (χ2n) is 5.98. The van der Waals surface area contributed by atoms with Gasteiger partial charge in [-0.05, 0) is 30.2 Å². The minimum atomic E-state index is -0.240. The summed E-state index contributed by atoms with van der Waals surface area (Å²) in [4.78, 5) is 26.5. The van der Waals surface area contributed by atoms with Crippen LogP contribution in [0, 0.1) is 0 Å². The van der Waals surface area contributed by atoms with E-state index in [1.807, 2.05) is 37.3 Å². The molecule has 0 unspecified atom stereocenters. The lowest BCUT2D eigenvalue weighted by Crippen LogP contribution is -2.23. The zero-order chi connectivity index (χ0) is 18.4. The first-order valence-corrected chi connectivity index (χ1v) is 8.23. The fourth-order valence-corrected chi connectivity index (χ4v) is 2.68. The van der Waals surface area contributed by atoms with Gasteiger partial charge in [0.25, 0.3) is 5.91 Å². The fraction of sp³-hybridized carbons (Fsp3) is 0.300. The number of methoxy groups -OCH3 is 1. The highest BCUT2D eigenvalue weighted by Crippen LogP contribution is 2.26. The zero-order valence-electron chi connectivity index (χ0n) is 15.1. The molecule has 2 aromatic rings. The number of anilines is 1. The summed E-state index contributed by atoms with van der Waals surface area (Å²) < 4.78 is 5.25. The molecule has 0 aromatic heterocycles. The summed E-state index contributed by atoms with van der Waals surface area (Å²) in [6, 6.07) is 14.7. The number of benzene rings is 2. The lowest BCUT2D eigenvalue weighted by Gasteiger charge is -2.17. The van der Waals surface area contributed by atoms with Crippen LogP contribution in [0.15, 0.2) is 48.5 Å². The normalized spacial score (nSPS) is 11.5. The smallest absolute Gasteiger partial charge is 0.257 e. The Balaban J connectivity index is 2.26. The van der Waals surface area contributed by atoms with Gasteiger partial charge in [0.05, 0.1) is 18.6 Å². The van der Waals surface area contributed by atoms with Crippen molar-refractivity contribution in [2.75, 3.05) is 26.5 Å². The number of ether oxygens (including phenoxy) is 1. The standard InChI is InChI=1S/C20H24N2O3/c1-5-16(14-9-7-6-8-10-14)19(23)21-15-11-12-18(25-4)17(13-15)20(24)22(2)3/h6-13,16H,5H2,1-4H3,(H,21,23)/t16-/m1/s1. The molecule has 2 aromatic carbocycles. The molecule has 2 amide bonds. The van der Waals surface area contributed by atoms with E-state index in [0.29, 0.717) is 23.4 Å². The molecule has 0 fully saturated rings. The van der Waals surface area contributed by atoms with Crippen LogP contribution in [0.2, 0.25) is 0 Å². The van der Waals surface area contributed by atoms with E-state index in [0.717, 1.165) is 5.56 Å². The van der Waals surface area contributed by atoms with Crippen LogP contribution in [0.5, 0.6) is 5.75 Å². The van der Waals surface area contributed by atoms with Crippen molar-refractivity contribution < 1.29 is 14.3 Å². The lowest BCUT2D eigenvalue weighted by molar-refractivity contribution is -0.117. The highest BCUT2D eigenvalue weighted by Gasteiger charge is 2.20. The molecule has 0 spiro atoms. The second-order valence-corrected chi connectivity index (χ2v) is 5.98. The maximum atomic E-state index is 12.7. The Kier molecular flexibility index (Phi) is 6.17. The van der Waals surface area contributed by atoms with E-state index in [1.165, 1.54) is 12.0 Å². The Labute approximate surface area is 148 Å². The summed E-state index contributed by atoms with van der Waals surface area (Å²) in [6.45, 7) is 1.98. The maximum Gasteiger partial charge on any atom is 0.257 e. The van der Waals surface area contributed by atoms with Crippen molar-refractivity contribution in [1.29, 1.82) is 0 Å². The third-order valence-corrected chi connectivity index (χ3v) is 4.03. The molecule has 5 heteroatoms. The Morgan fingerprint density at radius 1 is 1.12 bits per heavy atom. The van der Waals surface area contributed by atoms with E-state index in [4.69, 9.17) is 4.74 Å². The summed E-state index contributed by atoms with van der Waals surface area (Å²) in [5.41, 5.74) is 1.96. The van der Waals surface area contributed by atoms with Gasteiger partial charge in [0.15, 0.2) is 0 Å². The first-order valence-electron chi connectivity index (χ1n) is 8.23. The van der Waals surface area contributed by atoms with Crippen LogP contribution in [0.1, 0.15) is 35.2 Å². The van der Waals surface area contributed by atoms with Crippen LogP contribution in [0.25, 0.3) is 0 Å². The van der Waals surface area contributed by atoms with Gasteiger partial charge in [-0.15, -0.1) is 0 Å². The monoisotopic (exact) mass is 340 g/mol. The van der Waals surface area contributed by atoms with Crippen LogP contribution in [0.3, 0.4) is 0 Å². The number of nitrogens with zero attached hydrogens (tertiary/aromatic N) is 1. The average Bonchev–Trinajstić information content (AvgIpc) is 2.62. The van der Waals surface area contributed by atoms with Crippen molar-refractivity contribution in [3.63, 3.8) is 0 Å². The molecule has 5 nitrogen and oxygen atoms in total. The summed E-state index contributed by atoms with van der Waals surface area (Å²) in [7, 11) is 4.87. The highest BCUT2D eigenvalue weighted by molar-refractivity contribution is 6.00. The van der Waals surface area contributed by atoms with Crippen LogP contribution < -0.4 is 10.1 Å². The van der Waals surface area contributed by atoms with Crippen molar-refractivity contribution >= 4 is 17.5 Å². The van der Waals surface area contributed by atoms with Gasteiger partial charge in [0.2, 0.25) is 5.91 Å². The minimum absolute atomic E-state index is 0.0953. The number of carbonyl (C=O) groups is 2. The number of nitrogens with one attached hydrogen (secondary N) is 1. The van der Waals surface area contributed by atoms with E-state index in [9.17, 15) is 9.59 Å². The van der Waals surface area contributed by atoms with Gasteiger partial charge in [-0.1, -0.05) is 37.3 Å². The van der Waals surface area contributed by atoms with Crippen LogP contribution in [-0.2, 0) is 4.79 Å². The van der Waals surface area contributed by atoms with E-state index >= 15 is 0 Å². The zero-order valence-corrected chi connectivity index (χ0v) is 15.1. The summed E-state index contributed by atoms with van der Waals surface area (Å²) in [6.07, 6.45) is 0.690. The highest BCUT2D eigenvalue weighted by atomic mass is 16.5. The molecule has 0 radical (unpaired) electrons. The number of hydrogen-bond donors (Lipinski definition) is 1. The van der Waals surface area contributed by atoms with E-state index in [1.54, 1.807) is 32.3 Å². The third kappa shape index (κ3) is 4.38. The minimum Gasteiger partial charge on any atom is -0.496 e. The molecule has 0 aliphatic carbocycles. The number of rotatable bonds is 6. The molecule has 25 heavy (non-hydrogen) atoms. The Morgan fingerprint density at radius 2 is 1.80 bits per heavy atom. The van der Waals surface area contributed by atoms with Crippen molar-refractivity contribution in [2.24, 2.45) is 0 Å². The average molecular weight is 340 g/mol. The van der Waals surface area contributed by atoms with Gasteiger partial charge in [0.1, 0.15) is 5.75 Å². The Hall–Kier alpha value is -2.82. The number of carbonyl (C=O) groups excluding carboxylic acids is 2. The lowest BCUT2D eigenvalue weighted by atomic mass is 9.95. The topological polar surface area (TPSA) is 58.6 Å². The predicted molar refractivity (Wildman–Crippen MR) is 99.1 cm³/mol. The first kappa shape index (κ1) is 18.5.